The smallest absolute Gasteiger partial charge is 0.221 e. The molecule has 4 rings (SSSR count). The summed E-state index contributed by atoms with van der Waals surface area (Å²) in [6.07, 6.45) is 1.25. The van der Waals surface area contributed by atoms with Crippen LogP contribution in [-0.4, -0.2) is 32.8 Å². The summed E-state index contributed by atoms with van der Waals surface area (Å²) in [5, 5.41) is 23.9. The van der Waals surface area contributed by atoms with Gasteiger partial charge >= 0.3 is 0 Å². The topological polar surface area (TPSA) is 65.2 Å². The third kappa shape index (κ3) is 4.69. The van der Waals surface area contributed by atoms with Gasteiger partial charge in [0.05, 0.1) is 12.2 Å². The Morgan fingerprint density at radius 2 is 1.81 bits per heavy atom. The summed E-state index contributed by atoms with van der Waals surface area (Å²) in [6, 6.07) is 13.9. The van der Waals surface area contributed by atoms with Crippen LogP contribution in [0, 0.1) is 25.7 Å². The maximum Gasteiger partial charge on any atom is 0.221 e. The van der Waals surface area contributed by atoms with E-state index in [0.717, 1.165) is 35.2 Å². The van der Waals surface area contributed by atoms with Crippen LogP contribution in [0.4, 0.5) is 11.4 Å². The number of anilines is 1. The summed E-state index contributed by atoms with van der Waals surface area (Å²) in [6.45, 7) is 11.4. The largest absolute Gasteiger partial charge is 0.493 e. The van der Waals surface area contributed by atoms with Crippen molar-refractivity contribution in [3.63, 3.8) is 0 Å². The molecule has 168 valence electrons. The number of fused-ring (bicyclic) bond motifs is 1. The van der Waals surface area contributed by atoms with Gasteiger partial charge in [0.25, 0.3) is 0 Å². The van der Waals surface area contributed by atoms with E-state index in [9.17, 15) is 5.11 Å². The minimum absolute atomic E-state index is 0.121. The zero-order valence-electron chi connectivity index (χ0n) is 19.2. The Balaban J connectivity index is 1.59. The van der Waals surface area contributed by atoms with E-state index in [-0.39, 0.29) is 11.0 Å². The Hall–Kier alpha value is -2.77. The summed E-state index contributed by atoms with van der Waals surface area (Å²) < 4.78 is 1.93. The zero-order valence-corrected chi connectivity index (χ0v) is 20.0. The molecule has 1 saturated heterocycles. The van der Waals surface area contributed by atoms with E-state index in [1.54, 1.807) is 0 Å². The Labute approximate surface area is 195 Å². The predicted molar refractivity (Wildman–Crippen MR) is 135 cm³/mol. The number of aromatic hydroxyl groups is 1. The average molecular weight is 450 g/mol. The normalized spacial score (nSPS) is 19.6. The molecule has 6 nitrogen and oxygen atoms in total. The van der Waals surface area contributed by atoms with Crippen LogP contribution in [0.15, 0.2) is 52.7 Å². The first kappa shape index (κ1) is 22.4. The molecule has 0 radical (unpaired) electrons. The highest BCUT2D eigenvalue weighted by atomic mass is 32.1. The highest BCUT2D eigenvalue weighted by molar-refractivity contribution is 7.80. The second-order valence-corrected chi connectivity index (χ2v) is 9.51. The fourth-order valence-corrected chi connectivity index (χ4v) is 4.89. The van der Waals surface area contributed by atoms with Crippen LogP contribution in [-0.2, 0) is 6.67 Å². The molecule has 2 aromatic carbocycles. The molecule has 0 bridgehead atoms. The number of thiocarbonyl (C=S) groups is 1. The van der Waals surface area contributed by atoms with Crippen molar-refractivity contribution in [1.29, 1.82) is 0 Å². The van der Waals surface area contributed by atoms with Gasteiger partial charge in [-0.1, -0.05) is 44.2 Å². The van der Waals surface area contributed by atoms with Crippen LogP contribution in [0.3, 0.4) is 0 Å². The molecule has 1 aliphatic rings. The highest BCUT2D eigenvalue weighted by Gasteiger charge is 2.24. The van der Waals surface area contributed by atoms with Gasteiger partial charge in [-0.25, -0.2) is 0 Å². The molecule has 7 heteroatoms. The van der Waals surface area contributed by atoms with Crippen LogP contribution < -0.4 is 5.32 Å². The number of aromatic nitrogens is 1. The van der Waals surface area contributed by atoms with E-state index >= 15 is 0 Å². The number of rotatable bonds is 4. The first-order chi connectivity index (χ1) is 15.3. The van der Waals surface area contributed by atoms with Gasteiger partial charge in [-0.3, -0.25) is 9.47 Å². The summed E-state index contributed by atoms with van der Waals surface area (Å²) in [5.74, 6) is 1.42. The molecule has 0 spiro atoms. The number of nitrogens with zero attached hydrogens (tertiary/aromatic N) is 4. The van der Waals surface area contributed by atoms with E-state index in [2.05, 4.69) is 47.3 Å². The van der Waals surface area contributed by atoms with Gasteiger partial charge in [-0.05, 0) is 67.6 Å². The van der Waals surface area contributed by atoms with Gasteiger partial charge in [0.2, 0.25) is 11.0 Å². The Morgan fingerprint density at radius 3 is 2.56 bits per heavy atom. The molecule has 0 unspecified atom stereocenters. The van der Waals surface area contributed by atoms with Crippen molar-refractivity contribution in [2.75, 3.05) is 18.4 Å². The molecule has 0 aliphatic carbocycles. The SMILES string of the molecule is Cc1cccc(NC(=S)N=Nc2c(O)n(CN3C[C@@H](C)C[C@H](C)C3)c3ccccc23)c1C. The molecule has 0 amide bonds. The number of likely N-dealkylation sites (tertiary alicyclic amines) is 1. The van der Waals surface area contributed by atoms with E-state index in [4.69, 9.17) is 12.2 Å². The first-order valence-corrected chi connectivity index (χ1v) is 11.6. The van der Waals surface area contributed by atoms with Gasteiger partial charge in [0, 0.05) is 24.2 Å². The number of nitrogens with one attached hydrogen (secondary N) is 1. The van der Waals surface area contributed by atoms with Gasteiger partial charge in [-0.2, -0.15) is 0 Å². The minimum Gasteiger partial charge on any atom is -0.493 e. The fourth-order valence-electron chi connectivity index (χ4n) is 4.74. The number of aryl methyl sites for hydroxylation is 1. The number of azo groups is 1. The van der Waals surface area contributed by atoms with Gasteiger partial charge in [0.15, 0.2) is 5.69 Å². The van der Waals surface area contributed by atoms with Crippen LogP contribution in [0.5, 0.6) is 5.88 Å². The number of hydrogen-bond donors (Lipinski definition) is 2. The lowest BCUT2D eigenvalue weighted by atomic mass is 9.92. The maximum absolute atomic E-state index is 11.1. The molecule has 2 heterocycles. The zero-order chi connectivity index (χ0) is 22.8. The summed E-state index contributed by atoms with van der Waals surface area (Å²) in [4.78, 5) is 2.40. The molecule has 3 aromatic rings. The van der Waals surface area contributed by atoms with Gasteiger partial charge in [0.1, 0.15) is 0 Å². The van der Waals surface area contributed by atoms with E-state index < -0.39 is 0 Å². The van der Waals surface area contributed by atoms with Crippen LogP contribution in [0.2, 0.25) is 0 Å². The summed E-state index contributed by atoms with van der Waals surface area (Å²) >= 11 is 5.40. The quantitative estimate of drug-likeness (QED) is 0.358. The second kappa shape index (κ2) is 9.38. The number of para-hydroxylation sites is 1. The van der Waals surface area contributed by atoms with E-state index in [1.165, 1.54) is 12.0 Å². The van der Waals surface area contributed by atoms with E-state index in [0.29, 0.717) is 24.2 Å². The summed E-state index contributed by atoms with van der Waals surface area (Å²) in [7, 11) is 0. The molecule has 1 fully saturated rings. The molecule has 2 atom stereocenters. The first-order valence-electron chi connectivity index (χ1n) is 11.1. The molecular formula is C25H31N5OS. The lowest BCUT2D eigenvalue weighted by Gasteiger charge is -2.35. The third-order valence-electron chi connectivity index (χ3n) is 6.29. The predicted octanol–water partition coefficient (Wildman–Crippen LogP) is 6.38. The lowest BCUT2D eigenvalue weighted by Crippen LogP contribution is -2.39. The third-order valence-corrected chi connectivity index (χ3v) is 6.47. The van der Waals surface area contributed by atoms with Crippen LogP contribution in [0.25, 0.3) is 10.9 Å². The van der Waals surface area contributed by atoms with Crippen molar-refractivity contribution in [1.82, 2.24) is 9.47 Å². The molecule has 0 saturated carbocycles. The van der Waals surface area contributed by atoms with Crippen LogP contribution in [0.1, 0.15) is 31.4 Å². The monoisotopic (exact) mass is 449 g/mol. The summed E-state index contributed by atoms with van der Waals surface area (Å²) in [5.41, 5.74) is 4.60. The van der Waals surface area contributed by atoms with Crippen molar-refractivity contribution < 1.29 is 5.11 Å². The molecular weight excluding hydrogens is 418 g/mol. The Kier molecular flexibility index (Phi) is 6.58. The van der Waals surface area contributed by atoms with Crippen molar-refractivity contribution in [2.24, 2.45) is 22.1 Å². The highest BCUT2D eigenvalue weighted by Crippen LogP contribution is 2.39. The maximum atomic E-state index is 11.1. The fraction of sp³-hybridized carbons (Fsp3) is 0.400. The van der Waals surface area contributed by atoms with Crippen molar-refractivity contribution in [3.8, 4) is 5.88 Å². The number of benzene rings is 2. The number of hydrogen-bond acceptors (Lipinski definition) is 4. The standard InChI is InChI=1S/C25H31N5OS/c1-16-12-17(2)14-29(13-16)15-30-22-11-6-5-9-20(22)23(24(30)31)27-28-25(32)26-21-10-7-8-18(3)19(21)4/h5-11,16-17,31H,12-15H2,1-4H3,(H,26,32)/t16-,17-/m0/s1. The Bertz CT molecular complexity index is 1160. The average Bonchev–Trinajstić information content (AvgIpc) is 3.00. The van der Waals surface area contributed by atoms with Crippen LogP contribution >= 0.6 is 12.2 Å². The Morgan fingerprint density at radius 1 is 1.09 bits per heavy atom. The van der Waals surface area contributed by atoms with Crippen molar-refractivity contribution in [3.05, 3.63) is 53.6 Å². The molecule has 32 heavy (non-hydrogen) atoms. The van der Waals surface area contributed by atoms with E-state index in [1.807, 2.05) is 47.9 Å². The lowest BCUT2D eigenvalue weighted by molar-refractivity contribution is 0.108. The van der Waals surface area contributed by atoms with Gasteiger partial charge in [-0.15, -0.1) is 10.2 Å². The van der Waals surface area contributed by atoms with Gasteiger partial charge < -0.3 is 10.4 Å². The molecule has 1 aliphatic heterocycles. The second-order valence-electron chi connectivity index (χ2n) is 9.12. The number of piperidine rings is 1. The minimum atomic E-state index is 0.121. The molecule has 1 aromatic heterocycles. The van der Waals surface area contributed by atoms with Crippen molar-refractivity contribution in [2.45, 2.75) is 40.8 Å². The molecule has 2 N–H and O–H groups in total. The van der Waals surface area contributed by atoms with Crippen molar-refractivity contribution >= 4 is 39.6 Å².